The number of sulfonamides is 1. The minimum Gasteiger partial charge on any atom is -0.496 e. The van der Waals surface area contributed by atoms with Crippen LogP contribution in [0, 0.1) is 5.92 Å². The van der Waals surface area contributed by atoms with Gasteiger partial charge in [-0.3, -0.25) is 9.52 Å². The van der Waals surface area contributed by atoms with Crippen LogP contribution >= 0.6 is 0 Å². The zero-order valence-electron chi connectivity index (χ0n) is 17.1. The summed E-state index contributed by atoms with van der Waals surface area (Å²) in [4.78, 5) is 14.8. The fourth-order valence-electron chi connectivity index (χ4n) is 3.43. The lowest BCUT2D eigenvalue weighted by Crippen LogP contribution is -2.38. The maximum Gasteiger partial charge on any atom is 0.261 e. The number of nitrogens with zero attached hydrogens (tertiary/aromatic N) is 1. The van der Waals surface area contributed by atoms with Crippen molar-refractivity contribution in [2.45, 2.75) is 38.0 Å². The zero-order valence-corrected chi connectivity index (χ0v) is 18.0. The Morgan fingerprint density at radius 3 is 2.38 bits per heavy atom. The summed E-state index contributed by atoms with van der Waals surface area (Å²) in [6.45, 7) is 5.55. The predicted molar refractivity (Wildman–Crippen MR) is 114 cm³/mol. The van der Waals surface area contributed by atoms with Gasteiger partial charge in [0.25, 0.3) is 15.9 Å². The Kier molecular flexibility index (Phi) is 6.47. The summed E-state index contributed by atoms with van der Waals surface area (Å²) in [7, 11) is -2.35. The summed E-state index contributed by atoms with van der Waals surface area (Å²) < 4.78 is 33.7. The molecule has 0 radical (unpaired) electrons. The van der Waals surface area contributed by atoms with Crippen molar-refractivity contribution in [1.82, 2.24) is 4.90 Å². The molecule has 29 heavy (non-hydrogen) atoms. The number of amides is 1. The summed E-state index contributed by atoms with van der Waals surface area (Å²) in [5.74, 6) is 0.772. The van der Waals surface area contributed by atoms with Gasteiger partial charge in [-0.1, -0.05) is 26.0 Å². The van der Waals surface area contributed by atoms with Crippen molar-refractivity contribution in [2.75, 3.05) is 24.9 Å². The molecule has 0 unspecified atom stereocenters. The molecule has 1 fully saturated rings. The van der Waals surface area contributed by atoms with Gasteiger partial charge in [0.2, 0.25) is 0 Å². The van der Waals surface area contributed by atoms with Crippen molar-refractivity contribution < 1.29 is 17.9 Å². The smallest absolute Gasteiger partial charge is 0.261 e. The zero-order chi connectivity index (χ0) is 21.0. The van der Waals surface area contributed by atoms with E-state index in [1.165, 1.54) is 25.3 Å². The molecule has 156 valence electrons. The topological polar surface area (TPSA) is 75.7 Å². The highest BCUT2D eigenvalue weighted by molar-refractivity contribution is 7.92. The fraction of sp³-hybridized carbons (Fsp3) is 0.409. The van der Waals surface area contributed by atoms with Crippen LogP contribution in [-0.2, 0) is 16.4 Å². The van der Waals surface area contributed by atoms with E-state index in [1.807, 2.05) is 19.1 Å². The van der Waals surface area contributed by atoms with Crippen molar-refractivity contribution >= 4 is 21.6 Å². The van der Waals surface area contributed by atoms with Crippen molar-refractivity contribution in [1.29, 1.82) is 0 Å². The Morgan fingerprint density at radius 2 is 1.79 bits per heavy atom. The Labute approximate surface area is 172 Å². The number of hydrogen-bond donors (Lipinski definition) is 1. The number of anilines is 1. The summed E-state index contributed by atoms with van der Waals surface area (Å²) in [6.07, 6.45) is 2.77. The molecule has 0 aliphatic carbocycles. The van der Waals surface area contributed by atoms with Crippen molar-refractivity contribution in [3.8, 4) is 5.75 Å². The number of carbonyl (C=O) groups excluding carboxylic acids is 1. The first-order valence-electron chi connectivity index (χ1n) is 9.93. The lowest BCUT2D eigenvalue weighted by Gasteiger charge is -2.30. The molecule has 1 heterocycles. The Balaban J connectivity index is 1.87. The quantitative estimate of drug-likeness (QED) is 0.774. The highest BCUT2D eigenvalue weighted by Gasteiger charge is 2.26. The third kappa shape index (κ3) is 4.90. The van der Waals surface area contributed by atoms with Gasteiger partial charge in [0, 0.05) is 18.8 Å². The van der Waals surface area contributed by atoms with Crippen LogP contribution in [0.2, 0.25) is 0 Å². The molecule has 1 aliphatic rings. The second-order valence-electron chi connectivity index (χ2n) is 7.49. The summed E-state index contributed by atoms with van der Waals surface area (Å²) in [6, 6.07) is 11.6. The van der Waals surface area contributed by atoms with E-state index in [-0.39, 0.29) is 16.4 Å². The Morgan fingerprint density at radius 1 is 1.14 bits per heavy atom. The van der Waals surface area contributed by atoms with Gasteiger partial charge < -0.3 is 9.64 Å². The third-order valence-corrected chi connectivity index (χ3v) is 6.78. The molecule has 0 spiro atoms. The number of methoxy groups -OCH3 is 1. The molecular formula is C22H28N2O4S. The van der Waals surface area contributed by atoms with E-state index in [0.29, 0.717) is 30.4 Å². The van der Waals surface area contributed by atoms with Crippen LogP contribution in [0.3, 0.4) is 0 Å². The van der Waals surface area contributed by atoms with Gasteiger partial charge in [-0.05, 0) is 61.1 Å². The van der Waals surface area contributed by atoms with E-state index in [9.17, 15) is 13.2 Å². The van der Waals surface area contributed by atoms with Crippen molar-refractivity contribution in [3.05, 3.63) is 53.6 Å². The first-order chi connectivity index (χ1) is 13.8. The van der Waals surface area contributed by atoms with Crippen LogP contribution < -0.4 is 9.46 Å². The van der Waals surface area contributed by atoms with Crippen LogP contribution in [0.25, 0.3) is 0 Å². The standard InChI is InChI=1S/C22H28N2O4S/c1-4-17-5-7-18(8-6-17)23-29(26,27)19-9-10-21(28-3)20(15-19)22(25)24-13-11-16(2)12-14-24/h5-10,15-16,23H,4,11-14H2,1-3H3. The second kappa shape index (κ2) is 8.86. The SMILES string of the molecule is CCc1ccc(NS(=O)(=O)c2ccc(OC)c(C(=O)N3CCC(C)CC3)c2)cc1. The van der Waals surface area contributed by atoms with Gasteiger partial charge in [-0.15, -0.1) is 0 Å². The number of benzene rings is 2. The molecule has 1 N–H and O–H groups in total. The molecule has 1 saturated heterocycles. The number of hydrogen-bond acceptors (Lipinski definition) is 4. The molecule has 1 amide bonds. The minimum atomic E-state index is -3.83. The highest BCUT2D eigenvalue weighted by Crippen LogP contribution is 2.27. The van der Waals surface area contributed by atoms with Crippen LogP contribution in [0.5, 0.6) is 5.75 Å². The van der Waals surface area contributed by atoms with Gasteiger partial charge >= 0.3 is 0 Å². The number of rotatable bonds is 6. The average Bonchev–Trinajstić information content (AvgIpc) is 2.73. The number of ether oxygens (including phenoxy) is 1. The number of carbonyl (C=O) groups is 1. The fourth-order valence-corrected chi connectivity index (χ4v) is 4.51. The molecule has 6 nitrogen and oxygen atoms in total. The molecule has 2 aromatic carbocycles. The normalized spacial score (nSPS) is 15.2. The number of piperidine rings is 1. The maximum absolute atomic E-state index is 13.0. The van der Waals surface area contributed by atoms with E-state index in [0.717, 1.165) is 24.8 Å². The molecule has 1 aliphatic heterocycles. The van der Waals surface area contributed by atoms with Crippen molar-refractivity contribution in [3.63, 3.8) is 0 Å². The highest BCUT2D eigenvalue weighted by atomic mass is 32.2. The van der Waals surface area contributed by atoms with Crippen LogP contribution in [-0.4, -0.2) is 39.4 Å². The van der Waals surface area contributed by atoms with E-state index in [4.69, 9.17) is 4.74 Å². The average molecular weight is 417 g/mol. The maximum atomic E-state index is 13.0. The monoisotopic (exact) mass is 416 g/mol. The molecular weight excluding hydrogens is 388 g/mol. The molecule has 2 aromatic rings. The third-order valence-electron chi connectivity index (χ3n) is 5.40. The van der Waals surface area contributed by atoms with Gasteiger partial charge in [0.1, 0.15) is 5.75 Å². The summed E-state index contributed by atoms with van der Waals surface area (Å²) in [5.41, 5.74) is 1.88. The second-order valence-corrected chi connectivity index (χ2v) is 9.18. The molecule has 3 rings (SSSR count). The molecule has 0 bridgehead atoms. The molecule has 0 atom stereocenters. The molecule has 7 heteroatoms. The molecule has 0 aromatic heterocycles. The van der Waals surface area contributed by atoms with E-state index >= 15 is 0 Å². The lowest BCUT2D eigenvalue weighted by atomic mass is 9.98. The summed E-state index contributed by atoms with van der Waals surface area (Å²) in [5, 5.41) is 0. The Bertz CT molecular complexity index is 963. The molecule has 0 saturated carbocycles. The summed E-state index contributed by atoms with van der Waals surface area (Å²) >= 11 is 0. The van der Waals surface area contributed by atoms with Crippen molar-refractivity contribution in [2.24, 2.45) is 5.92 Å². The lowest BCUT2D eigenvalue weighted by molar-refractivity contribution is 0.0693. The van der Waals surface area contributed by atoms with Gasteiger partial charge in [-0.25, -0.2) is 8.42 Å². The number of likely N-dealkylation sites (tertiary alicyclic amines) is 1. The van der Waals surface area contributed by atoms with Gasteiger partial charge in [0.15, 0.2) is 0 Å². The van der Waals surface area contributed by atoms with Gasteiger partial charge in [-0.2, -0.15) is 0 Å². The number of nitrogens with one attached hydrogen (secondary N) is 1. The van der Waals surface area contributed by atoms with E-state index in [2.05, 4.69) is 11.6 Å². The van der Waals surface area contributed by atoms with E-state index in [1.54, 1.807) is 17.0 Å². The minimum absolute atomic E-state index is 0.0339. The van der Waals surface area contributed by atoms with Crippen LogP contribution in [0.1, 0.15) is 42.6 Å². The van der Waals surface area contributed by atoms with Crippen LogP contribution in [0.15, 0.2) is 47.4 Å². The van der Waals surface area contributed by atoms with Gasteiger partial charge in [0.05, 0.1) is 17.6 Å². The largest absolute Gasteiger partial charge is 0.496 e. The first-order valence-corrected chi connectivity index (χ1v) is 11.4. The van der Waals surface area contributed by atoms with Crippen LogP contribution in [0.4, 0.5) is 5.69 Å². The predicted octanol–water partition coefficient (Wildman–Crippen LogP) is 3.93. The first kappa shape index (κ1) is 21.2. The Hall–Kier alpha value is -2.54. The van der Waals surface area contributed by atoms with E-state index < -0.39 is 10.0 Å². The number of aryl methyl sites for hydroxylation is 1.